The third kappa shape index (κ3) is 4.32. The maximum atomic E-state index is 16.0. The first-order valence-electron chi connectivity index (χ1n) is 16.1. The van der Waals surface area contributed by atoms with Gasteiger partial charge in [-0.15, -0.1) is 0 Å². The Morgan fingerprint density at radius 3 is 1.69 bits per heavy atom. The fourth-order valence-electron chi connectivity index (χ4n) is 7.14. The van der Waals surface area contributed by atoms with Gasteiger partial charge in [-0.1, -0.05) is 129 Å². The van der Waals surface area contributed by atoms with Gasteiger partial charge in [0.2, 0.25) is 0 Å². The molecule has 7 aromatic rings. The highest BCUT2D eigenvalue weighted by molar-refractivity contribution is 7.85. The van der Waals surface area contributed by atoms with Gasteiger partial charge in [0.15, 0.2) is 24.6 Å². The average molecular weight is 640 g/mol. The molecule has 5 nitrogen and oxygen atoms in total. The smallest absolute Gasteiger partial charge is 0.178 e. The van der Waals surface area contributed by atoms with Crippen molar-refractivity contribution in [1.82, 2.24) is 15.0 Å². The summed E-state index contributed by atoms with van der Waals surface area (Å²) < 4.78 is 22.6. The minimum absolute atomic E-state index is 0.253. The third-order valence-electron chi connectivity index (χ3n) is 9.60. The Hall–Kier alpha value is -5.64. The molecule has 1 atom stereocenters. The molecule has 2 aliphatic rings. The Labute approximate surface area is 279 Å². The highest BCUT2D eigenvalue weighted by atomic mass is 31.2. The van der Waals surface area contributed by atoms with Crippen LogP contribution < -0.4 is 20.7 Å². The third-order valence-corrected chi connectivity index (χ3v) is 12.7. The molecule has 2 heterocycles. The minimum atomic E-state index is -3.41. The molecule has 0 N–H and O–H groups in total. The SMILES string of the molecule is CC1(C)c2ccccc2-c2cc3c(cc21)P(=O)(c1ccccc1)c1cc(-c2nc(-c4ccccc4)nc(-c4ccccc4)n2)ccc1O3. The largest absolute Gasteiger partial charge is 0.456 e. The number of fused-ring (bicyclic) bond motifs is 5. The molecule has 48 heavy (non-hydrogen) atoms. The van der Waals surface area contributed by atoms with Gasteiger partial charge >= 0.3 is 0 Å². The second kappa shape index (κ2) is 10.7. The van der Waals surface area contributed by atoms with Crippen molar-refractivity contribution in [2.45, 2.75) is 19.3 Å². The van der Waals surface area contributed by atoms with Crippen LogP contribution in [0.5, 0.6) is 11.5 Å². The molecule has 0 bridgehead atoms. The summed E-state index contributed by atoms with van der Waals surface area (Å²) in [6.45, 7) is 4.48. The van der Waals surface area contributed by atoms with Crippen molar-refractivity contribution in [2.75, 3.05) is 0 Å². The van der Waals surface area contributed by atoms with E-state index in [0.29, 0.717) is 39.6 Å². The van der Waals surface area contributed by atoms with Crippen LogP contribution in [0.2, 0.25) is 0 Å². The Bertz CT molecular complexity index is 2370. The predicted octanol–water partition coefficient (Wildman–Crippen LogP) is 8.92. The molecular weight excluding hydrogens is 609 g/mol. The van der Waals surface area contributed by atoms with E-state index < -0.39 is 7.14 Å². The molecule has 1 aliphatic carbocycles. The van der Waals surface area contributed by atoms with Crippen molar-refractivity contribution in [2.24, 2.45) is 0 Å². The van der Waals surface area contributed by atoms with Gasteiger partial charge in [0.05, 0.1) is 10.6 Å². The summed E-state index contributed by atoms with van der Waals surface area (Å²) in [6.07, 6.45) is 0. The van der Waals surface area contributed by atoms with Crippen LogP contribution in [0, 0.1) is 0 Å². The summed E-state index contributed by atoms with van der Waals surface area (Å²) in [6, 6.07) is 48.1. The zero-order valence-corrected chi connectivity index (χ0v) is 27.4. The molecule has 6 aromatic carbocycles. The molecule has 9 rings (SSSR count). The molecule has 0 amide bonds. The number of nitrogens with zero attached hydrogens (tertiary/aromatic N) is 3. The van der Waals surface area contributed by atoms with Gasteiger partial charge in [-0.3, -0.25) is 0 Å². The molecule has 1 aliphatic heterocycles. The molecule has 1 aromatic heterocycles. The average Bonchev–Trinajstić information content (AvgIpc) is 3.37. The van der Waals surface area contributed by atoms with Crippen molar-refractivity contribution < 1.29 is 9.30 Å². The zero-order valence-electron chi connectivity index (χ0n) is 26.5. The van der Waals surface area contributed by atoms with Gasteiger partial charge in [0, 0.05) is 27.4 Å². The van der Waals surface area contributed by atoms with Gasteiger partial charge in [-0.25, -0.2) is 15.0 Å². The summed E-state index contributed by atoms with van der Waals surface area (Å²) >= 11 is 0. The molecule has 1 unspecified atom stereocenters. The van der Waals surface area contributed by atoms with E-state index in [2.05, 4.69) is 50.2 Å². The van der Waals surface area contributed by atoms with Crippen LogP contribution in [0.25, 0.3) is 45.3 Å². The van der Waals surface area contributed by atoms with Crippen molar-refractivity contribution >= 4 is 23.1 Å². The lowest BCUT2D eigenvalue weighted by atomic mass is 9.82. The Morgan fingerprint density at radius 1 is 0.500 bits per heavy atom. The molecule has 0 radical (unpaired) electrons. The summed E-state index contributed by atoms with van der Waals surface area (Å²) in [5.74, 6) is 2.85. The van der Waals surface area contributed by atoms with Crippen molar-refractivity contribution in [3.8, 4) is 56.8 Å². The van der Waals surface area contributed by atoms with E-state index in [0.717, 1.165) is 33.1 Å². The van der Waals surface area contributed by atoms with E-state index in [4.69, 9.17) is 19.7 Å². The van der Waals surface area contributed by atoms with Crippen LogP contribution in [-0.2, 0) is 9.98 Å². The van der Waals surface area contributed by atoms with Gasteiger partial charge in [0.25, 0.3) is 0 Å². The van der Waals surface area contributed by atoms with Gasteiger partial charge < -0.3 is 9.30 Å². The Morgan fingerprint density at radius 2 is 1.04 bits per heavy atom. The maximum absolute atomic E-state index is 16.0. The second-order valence-electron chi connectivity index (χ2n) is 12.8. The molecule has 0 spiro atoms. The predicted molar refractivity (Wildman–Crippen MR) is 193 cm³/mol. The summed E-state index contributed by atoms with van der Waals surface area (Å²) in [7, 11) is -3.41. The van der Waals surface area contributed by atoms with Crippen LogP contribution in [0.1, 0.15) is 25.0 Å². The van der Waals surface area contributed by atoms with E-state index in [1.165, 1.54) is 11.1 Å². The van der Waals surface area contributed by atoms with Gasteiger partial charge in [-0.05, 0) is 52.6 Å². The van der Waals surface area contributed by atoms with Crippen LogP contribution >= 0.6 is 7.14 Å². The van der Waals surface area contributed by atoms with Crippen LogP contribution in [-0.4, -0.2) is 15.0 Å². The maximum Gasteiger partial charge on any atom is 0.178 e. The number of benzene rings is 6. The summed E-state index contributed by atoms with van der Waals surface area (Å²) in [5.41, 5.74) is 7.00. The molecule has 0 fully saturated rings. The van der Waals surface area contributed by atoms with E-state index in [9.17, 15) is 0 Å². The monoisotopic (exact) mass is 639 g/mol. The molecule has 6 heteroatoms. The van der Waals surface area contributed by atoms with Crippen molar-refractivity contribution in [3.05, 3.63) is 157 Å². The molecular formula is C42H30N3O2P. The lowest BCUT2D eigenvalue weighted by Gasteiger charge is -2.31. The topological polar surface area (TPSA) is 65.0 Å². The quantitative estimate of drug-likeness (QED) is 0.180. The van der Waals surface area contributed by atoms with Crippen molar-refractivity contribution in [3.63, 3.8) is 0 Å². The first-order valence-corrected chi connectivity index (χ1v) is 17.8. The van der Waals surface area contributed by atoms with Crippen molar-refractivity contribution in [1.29, 1.82) is 0 Å². The van der Waals surface area contributed by atoms with Crippen LogP contribution in [0.15, 0.2) is 146 Å². The Balaban J connectivity index is 1.26. The first kappa shape index (κ1) is 28.6. The highest BCUT2D eigenvalue weighted by Gasteiger charge is 2.43. The molecule has 0 saturated heterocycles. The number of rotatable bonds is 4. The number of aromatic nitrogens is 3. The highest BCUT2D eigenvalue weighted by Crippen LogP contribution is 2.56. The van der Waals surface area contributed by atoms with E-state index in [1.807, 2.05) is 109 Å². The fourth-order valence-corrected chi connectivity index (χ4v) is 10.0. The van der Waals surface area contributed by atoms with Crippen LogP contribution in [0.3, 0.4) is 0 Å². The van der Waals surface area contributed by atoms with Crippen LogP contribution in [0.4, 0.5) is 0 Å². The van der Waals surface area contributed by atoms with Gasteiger partial charge in [-0.2, -0.15) is 0 Å². The van der Waals surface area contributed by atoms with E-state index >= 15 is 4.57 Å². The number of hydrogen-bond acceptors (Lipinski definition) is 5. The summed E-state index contributed by atoms with van der Waals surface area (Å²) in [5, 5.41) is 2.10. The van der Waals surface area contributed by atoms with Gasteiger partial charge in [0.1, 0.15) is 11.5 Å². The van der Waals surface area contributed by atoms with E-state index in [1.54, 1.807) is 0 Å². The Kier molecular flexibility index (Phi) is 6.37. The second-order valence-corrected chi connectivity index (χ2v) is 15.5. The minimum Gasteiger partial charge on any atom is -0.456 e. The fraction of sp³-hybridized carbons (Fsp3) is 0.0714. The zero-order chi connectivity index (χ0) is 32.5. The standard InChI is InChI=1S/C42H30N3O2P/c1-42(2)33-21-13-12-20-31(33)32-25-36-38(26-34(32)42)48(46,30-18-10-5-11-19-30)37-24-29(22-23-35(37)47-36)41-44-39(27-14-6-3-7-15-27)43-40(45-41)28-16-8-4-9-17-28/h3-26H,1-2H3. The normalized spacial score (nSPS) is 16.6. The lowest BCUT2D eigenvalue weighted by Crippen LogP contribution is -2.32. The number of ether oxygens (including phenoxy) is 1. The molecule has 0 saturated carbocycles. The lowest BCUT2D eigenvalue weighted by molar-refractivity contribution is 0.485. The van der Waals surface area contributed by atoms with E-state index in [-0.39, 0.29) is 5.41 Å². The number of hydrogen-bond donors (Lipinski definition) is 0. The summed E-state index contributed by atoms with van der Waals surface area (Å²) in [4.78, 5) is 14.8. The molecule has 230 valence electrons. The first-order chi connectivity index (χ1) is 23.4.